The summed E-state index contributed by atoms with van der Waals surface area (Å²) in [4.78, 5) is 52.9. The fourth-order valence-corrected chi connectivity index (χ4v) is 3.61. The Balaban J connectivity index is 1.79. The summed E-state index contributed by atoms with van der Waals surface area (Å²) in [5.41, 5.74) is 0.426. The van der Waals surface area contributed by atoms with Crippen molar-refractivity contribution in [1.82, 2.24) is 20.4 Å². The molecular weight excluding hydrogens is 376 g/mol. The molecule has 0 bridgehead atoms. The van der Waals surface area contributed by atoms with E-state index in [4.69, 9.17) is 4.74 Å². The quantitative estimate of drug-likeness (QED) is 0.723. The number of piperazine rings is 1. The minimum Gasteiger partial charge on any atom is -0.497 e. The highest BCUT2D eigenvalue weighted by molar-refractivity contribution is 5.99. The van der Waals surface area contributed by atoms with E-state index < -0.39 is 18.0 Å². The Hall–Kier alpha value is -3.10. The van der Waals surface area contributed by atoms with Gasteiger partial charge in [-0.1, -0.05) is 0 Å². The number of ether oxygens (including phenoxy) is 1. The summed E-state index contributed by atoms with van der Waals surface area (Å²) in [5, 5.41) is 5.48. The first kappa shape index (κ1) is 20.6. The molecule has 2 fully saturated rings. The van der Waals surface area contributed by atoms with Gasteiger partial charge in [0.15, 0.2) is 0 Å². The topological polar surface area (TPSA) is 108 Å². The van der Waals surface area contributed by atoms with Crippen molar-refractivity contribution in [3.05, 3.63) is 29.8 Å². The Morgan fingerprint density at radius 2 is 1.90 bits per heavy atom. The first-order valence-electron chi connectivity index (χ1n) is 9.69. The molecule has 1 aromatic carbocycles. The van der Waals surface area contributed by atoms with Gasteiger partial charge in [0.2, 0.25) is 17.7 Å². The molecule has 2 aliphatic rings. The highest BCUT2D eigenvalue weighted by Crippen LogP contribution is 2.18. The third-order valence-corrected chi connectivity index (χ3v) is 5.33. The van der Waals surface area contributed by atoms with Crippen molar-refractivity contribution in [3.8, 4) is 5.75 Å². The van der Waals surface area contributed by atoms with Crippen LogP contribution in [-0.2, 0) is 14.4 Å². The molecule has 2 atom stereocenters. The number of hydrogen-bond acceptors (Lipinski definition) is 5. The molecule has 156 valence electrons. The molecule has 29 heavy (non-hydrogen) atoms. The molecule has 0 spiro atoms. The molecule has 0 aromatic heterocycles. The van der Waals surface area contributed by atoms with Gasteiger partial charge in [-0.3, -0.25) is 19.2 Å². The number of nitrogens with one attached hydrogen (secondary N) is 2. The summed E-state index contributed by atoms with van der Waals surface area (Å²) in [6.07, 6.45) is 1.32. The van der Waals surface area contributed by atoms with E-state index >= 15 is 0 Å². The molecule has 9 nitrogen and oxygen atoms in total. The van der Waals surface area contributed by atoms with Crippen LogP contribution in [0.15, 0.2) is 24.3 Å². The van der Waals surface area contributed by atoms with Gasteiger partial charge in [0.1, 0.15) is 17.8 Å². The second-order valence-corrected chi connectivity index (χ2v) is 7.20. The predicted octanol–water partition coefficient (Wildman–Crippen LogP) is -0.237. The fourth-order valence-electron chi connectivity index (χ4n) is 3.61. The lowest BCUT2D eigenvalue weighted by Crippen LogP contribution is -2.63. The average molecular weight is 402 g/mol. The molecule has 3 rings (SSSR count). The second-order valence-electron chi connectivity index (χ2n) is 7.20. The maximum Gasteiger partial charge on any atom is 0.254 e. The third kappa shape index (κ3) is 4.67. The van der Waals surface area contributed by atoms with Crippen LogP contribution in [0, 0.1) is 0 Å². The van der Waals surface area contributed by atoms with Gasteiger partial charge in [-0.25, -0.2) is 0 Å². The van der Waals surface area contributed by atoms with Gasteiger partial charge in [-0.05, 0) is 37.1 Å². The van der Waals surface area contributed by atoms with Crippen LogP contribution in [0.5, 0.6) is 5.75 Å². The minimum atomic E-state index is -0.864. The number of amides is 4. The molecule has 2 N–H and O–H groups in total. The number of rotatable bonds is 4. The van der Waals surface area contributed by atoms with Crippen molar-refractivity contribution in [1.29, 1.82) is 0 Å². The van der Waals surface area contributed by atoms with Gasteiger partial charge in [0.25, 0.3) is 5.91 Å². The molecule has 2 heterocycles. The summed E-state index contributed by atoms with van der Waals surface area (Å²) < 4.78 is 5.12. The number of piperidine rings is 1. The molecule has 2 saturated heterocycles. The van der Waals surface area contributed by atoms with Crippen molar-refractivity contribution in [3.63, 3.8) is 0 Å². The summed E-state index contributed by atoms with van der Waals surface area (Å²) >= 11 is 0. The zero-order chi connectivity index (χ0) is 21.0. The van der Waals surface area contributed by atoms with Crippen molar-refractivity contribution in [2.45, 2.75) is 31.8 Å². The molecule has 2 unspecified atom stereocenters. The largest absolute Gasteiger partial charge is 0.497 e. The van der Waals surface area contributed by atoms with Crippen LogP contribution in [0.25, 0.3) is 0 Å². The number of nitrogens with zero attached hydrogens (tertiary/aromatic N) is 2. The van der Waals surface area contributed by atoms with E-state index in [-0.39, 0.29) is 30.8 Å². The van der Waals surface area contributed by atoms with E-state index in [0.29, 0.717) is 30.8 Å². The normalized spacial score (nSPS) is 21.9. The van der Waals surface area contributed by atoms with Crippen LogP contribution < -0.4 is 15.4 Å². The number of carbonyl (C=O) groups is 4. The maximum absolute atomic E-state index is 13.1. The minimum absolute atomic E-state index is 0.0946. The maximum atomic E-state index is 13.1. The Labute approximate surface area is 169 Å². The standard InChI is InChI=1S/C20H26N4O5/c1-13(25)23-10-11-24(20(28)14-5-7-15(29-2)8-6-14)17(12-23)19(27)22-16-4-3-9-21-18(16)26/h5-8,16-17H,3-4,9-12H2,1-2H3,(H,21,26)(H,22,27). The Bertz CT molecular complexity index is 795. The SMILES string of the molecule is COc1ccc(C(=O)N2CCN(C(C)=O)CC2C(=O)NC2CCCNC2=O)cc1. The Morgan fingerprint density at radius 1 is 1.17 bits per heavy atom. The summed E-state index contributed by atoms with van der Waals surface area (Å²) in [6.45, 7) is 2.71. The van der Waals surface area contributed by atoms with Gasteiger partial charge in [-0.15, -0.1) is 0 Å². The number of benzene rings is 1. The highest BCUT2D eigenvalue weighted by atomic mass is 16.5. The Morgan fingerprint density at radius 3 is 2.52 bits per heavy atom. The van der Waals surface area contributed by atoms with Crippen molar-refractivity contribution < 1.29 is 23.9 Å². The number of methoxy groups -OCH3 is 1. The van der Waals surface area contributed by atoms with Gasteiger partial charge < -0.3 is 25.2 Å². The van der Waals surface area contributed by atoms with Crippen molar-refractivity contribution >= 4 is 23.6 Å². The molecule has 0 radical (unpaired) electrons. The lowest BCUT2D eigenvalue weighted by Gasteiger charge is -2.40. The third-order valence-electron chi connectivity index (χ3n) is 5.33. The van der Waals surface area contributed by atoms with Crippen LogP contribution in [0.1, 0.15) is 30.1 Å². The monoisotopic (exact) mass is 402 g/mol. The lowest BCUT2D eigenvalue weighted by atomic mass is 10.0. The summed E-state index contributed by atoms with van der Waals surface area (Å²) in [5.74, 6) is -0.490. The first-order valence-corrected chi connectivity index (χ1v) is 9.69. The fraction of sp³-hybridized carbons (Fsp3) is 0.500. The molecule has 1 aromatic rings. The number of carbonyl (C=O) groups excluding carboxylic acids is 4. The van der Waals surface area contributed by atoms with Crippen LogP contribution in [0.4, 0.5) is 0 Å². The second kappa shape index (κ2) is 8.93. The molecule has 2 aliphatic heterocycles. The first-order chi connectivity index (χ1) is 13.9. The van der Waals surface area contributed by atoms with Crippen LogP contribution >= 0.6 is 0 Å². The van der Waals surface area contributed by atoms with Gasteiger partial charge in [-0.2, -0.15) is 0 Å². The molecular formula is C20H26N4O5. The molecule has 0 aliphatic carbocycles. The van der Waals surface area contributed by atoms with Crippen molar-refractivity contribution in [2.75, 3.05) is 33.3 Å². The van der Waals surface area contributed by atoms with E-state index in [1.165, 1.54) is 11.8 Å². The van der Waals surface area contributed by atoms with E-state index in [2.05, 4.69) is 10.6 Å². The predicted molar refractivity (Wildman–Crippen MR) is 104 cm³/mol. The average Bonchev–Trinajstić information content (AvgIpc) is 2.74. The smallest absolute Gasteiger partial charge is 0.254 e. The van der Waals surface area contributed by atoms with Gasteiger partial charge in [0.05, 0.1) is 13.7 Å². The Kier molecular flexibility index (Phi) is 6.36. The van der Waals surface area contributed by atoms with Crippen LogP contribution in [0.2, 0.25) is 0 Å². The van der Waals surface area contributed by atoms with Crippen molar-refractivity contribution in [2.24, 2.45) is 0 Å². The van der Waals surface area contributed by atoms with E-state index in [0.717, 1.165) is 6.42 Å². The van der Waals surface area contributed by atoms with Gasteiger partial charge in [0, 0.05) is 32.1 Å². The zero-order valence-corrected chi connectivity index (χ0v) is 16.6. The van der Waals surface area contributed by atoms with E-state index in [9.17, 15) is 19.2 Å². The van der Waals surface area contributed by atoms with E-state index in [1.54, 1.807) is 36.3 Å². The summed E-state index contributed by atoms with van der Waals surface area (Å²) in [6, 6.07) is 5.16. The van der Waals surface area contributed by atoms with E-state index in [1.807, 2.05) is 0 Å². The number of hydrogen-bond donors (Lipinski definition) is 2. The van der Waals surface area contributed by atoms with Crippen LogP contribution in [0.3, 0.4) is 0 Å². The molecule has 9 heteroatoms. The zero-order valence-electron chi connectivity index (χ0n) is 16.6. The highest BCUT2D eigenvalue weighted by Gasteiger charge is 2.38. The summed E-state index contributed by atoms with van der Waals surface area (Å²) in [7, 11) is 1.54. The van der Waals surface area contributed by atoms with Gasteiger partial charge >= 0.3 is 0 Å². The molecule has 0 saturated carbocycles. The molecule has 4 amide bonds. The van der Waals surface area contributed by atoms with Crippen LogP contribution in [-0.4, -0.2) is 78.8 Å². The lowest BCUT2D eigenvalue weighted by molar-refractivity contribution is -0.137.